The fourth-order valence-electron chi connectivity index (χ4n) is 5.13. The molecule has 1 aromatic carbocycles. The van der Waals surface area contributed by atoms with Gasteiger partial charge in [-0.25, -0.2) is 9.59 Å². The Labute approximate surface area is 204 Å². The molecule has 2 saturated heterocycles. The predicted octanol–water partition coefficient (Wildman–Crippen LogP) is 4.30. The number of carbonyl (C=O) groups excluding carboxylic acids is 2. The molecule has 5 rings (SSSR count). The van der Waals surface area contributed by atoms with Crippen molar-refractivity contribution in [3.63, 3.8) is 0 Å². The van der Waals surface area contributed by atoms with Gasteiger partial charge in [-0.1, -0.05) is 30.3 Å². The largest absolute Gasteiger partial charge is 0.444 e. The van der Waals surface area contributed by atoms with Crippen molar-refractivity contribution in [2.45, 2.75) is 89.1 Å². The maximum atomic E-state index is 13.1. The highest BCUT2D eigenvalue weighted by Crippen LogP contribution is 2.40. The van der Waals surface area contributed by atoms with Crippen molar-refractivity contribution in [2.75, 3.05) is 6.54 Å². The summed E-state index contributed by atoms with van der Waals surface area (Å²) < 4.78 is 11.4. The zero-order valence-electron chi connectivity index (χ0n) is 20.5. The number of nitrogens with one attached hydrogen (secondary N) is 1. The molecule has 10 nitrogen and oxygen atoms in total. The first-order valence-electron chi connectivity index (χ1n) is 12.4. The van der Waals surface area contributed by atoms with E-state index in [1.165, 1.54) is 5.06 Å². The monoisotopic (exact) mass is 483 g/mol. The molecule has 3 heterocycles. The second-order valence-corrected chi connectivity index (χ2v) is 10.6. The van der Waals surface area contributed by atoms with Crippen molar-refractivity contribution >= 4 is 12.1 Å². The molecule has 35 heavy (non-hydrogen) atoms. The highest BCUT2D eigenvalue weighted by molar-refractivity contribution is 5.77. The average molecular weight is 484 g/mol. The quantitative estimate of drug-likeness (QED) is 0.652. The first-order chi connectivity index (χ1) is 16.8. The molecule has 3 fully saturated rings. The molecule has 1 aromatic heterocycles. The lowest BCUT2D eigenvalue weighted by Crippen LogP contribution is -2.37. The van der Waals surface area contributed by atoms with Gasteiger partial charge in [-0.2, -0.15) is 5.06 Å². The lowest BCUT2D eigenvalue weighted by atomic mass is 10.0. The number of rotatable bonds is 6. The molecule has 10 heteroatoms. The van der Waals surface area contributed by atoms with Gasteiger partial charge < -0.3 is 19.4 Å². The van der Waals surface area contributed by atoms with E-state index in [1.54, 1.807) is 4.90 Å². The minimum atomic E-state index is -0.530. The summed E-state index contributed by atoms with van der Waals surface area (Å²) in [5.41, 5.74) is 0.489. The molecule has 1 saturated carbocycles. The number of hydrogen-bond acceptors (Lipinski definition) is 7. The van der Waals surface area contributed by atoms with Gasteiger partial charge in [0.2, 0.25) is 11.8 Å². The molecule has 188 valence electrons. The summed E-state index contributed by atoms with van der Waals surface area (Å²) in [6.07, 6.45) is 3.54. The first kappa shape index (κ1) is 23.6. The molecular formula is C25H33N5O5. The highest BCUT2D eigenvalue weighted by atomic mass is 16.7. The molecule has 4 atom stereocenters. The third kappa shape index (κ3) is 5.27. The smallest absolute Gasteiger partial charge is 0.407 e. The molecule has 2 aromatic rings. The van der Waals surface area contributed by atoms with Crippen LogP contribution < -0.4 is 5.32 Å². The number of fused-ring (bicyclic) bond motifs is 2. The normalized spacial score (nSPS) is 26.3. The number of piperidine rings is 1. The van der Waals surface area contributed by atoms with Crippen LogP contribution in [0.2, 0.25) is 0 Å². The second kappa shape index (κ2) is 9.49. The third-order valence-corrected chi connectivity index (χ3v) is 6.78. The van der Waals surface area contributed by atoms with Gasteiger partial charge >= 0.3 is 12.1 Å². The Morgan fingerprint density at radius 1 is 1.11 bits per heavy atom. The van der Waals surface area contributed by atoms with Crippen molar-refractivity contribution in [3.8, 4) is 0 Å². The topological polar surface area (TPSA) is 110 Å². The molecule has 3 amide bonds. The van der Waals surface area contributed by atoms with Crippen molar-refractivity contribution in [1.82, 2.24) is 25.5 Å². The molecule has 0 spiro atoms. The van der Waals surface area contributed by atoms with E-state index in [1.807, 2.05) is 51.1 Å². The minimum absolute atomic E-state index is 0.0103. The summed E-state index contributed by atoms with van der Waals surface area (Å²) in [6, 6.07) is 9.45. The fourth-order valence-corrected chi connectivity index (χ4v) is 5.13. The summed E-state index contributed by atoms with van der Waals surface area (Å²) in [5.74, 6) is 1.12. The van der Waals surface area contributed by atoms with Gasteiger partial charge in [0.15, 0.2) is 0 Å². The summed E-state index contributed by atoms with van der Waals surface area (Å²) in [6.45, 7) is 6.47. The number of amides is 3. The van der Waals surface area contributed by atoms with Crippen molar-refractivity contribution in [2.24, 2.45) is 0 Å². The van der Waals surface area contributed by atoms with Crippen molar-refractivity contribution in [1.29, 1.82) is 0 Å². The van der Waals surface area contributed by atoms with E-state index >= 15 is 0 Å². The molecule has 1 N–H and O–H groups in total. The van der Waals surface area contributed by atoms with Crippen LogP contribution in [0.4, 0.5) is 9.59 Å². The van der Waals surface area contributed by atoms with Gasteiger partial charge in [-0.3, -0.25) is 4.84 Å². The Morgan fingerprint density at radius 3 is 2.66 bits per heavy atom. The number of hydrogen-bond donors (Lipinski definition) is 1. The fraction of sp³-hybridized carbons (Fsp3) is 0.600. The first-order valence-corrected chi connectivity index (χ1v) is 12.4. The Balaban J connectivity index is 1.17. The van der Waals surface area contributed by atoms with Crippen LogP contribution in [0.15, 0.2) is 34.7 Å². The number of nitrogens with zero attached hydrogens (tertiary/aromatic N) is 4. The van der Waals surface area contributed by atoms with Crippen LogP contribution in [0.3, 0.4) is 0 Å². The number of carbonyl (C=O) groups is 2. The summed E-state index contributed by atoms with van der Waals surface area (Å²) in [4.78, 5) is 32.8. The Kier molecular flexibility index (Phi) is 6.39. The van der Waals surface area contributed by atoms with E-state index in [2.05, 4.69) is 15.5 Å². The Bertz CT molecular complexity index is 1050. The van der Waals surface area contributed by atoms with Gasteiger partial charge in [0.1, 0.15) is 18.2 Å². The number of benzene rings is 1. The SMILES string of the molecule is CC(C)(C)OC(=O)N[C@H]1CC[C@@H](c2nnc([C@@H]3CC[C@@H]4CN3C(=O)N4OCc3ccccc3)o2)C1. The van der Waals surface area contributed by atoms with Crippen LogP contribution >= 0.6 is 0 Å². The molecule has 0 unspecified atom stereocenters. The summed E-state index contributed by atoms with van der Waals surface area (Å²) in [7, 11) is 0. The maximum Gasteiger partial charge on any atom is 0.407 e. The number of urea groups is 1. The van der Waals surface area contributed by atoms with Crippen LogP contribution in [0, 0.1) is 0 Å². The van der Waals surface area contributed by atoms with Crippen LogP contribution in [-0.4, -0.2) is 56.5 Å². The van der Waals surface area contributed by atoms with E-state index in [4.69, 9.17) is 14.0 Å². The van der Waals surface area contributed by atoms with Crippen LogP contribution in [-0.2, 0) is 16.2 Å². The van der Waals surface area contributed by atoms with Crippen molar-refractivity contribution in [3.05, 3.63) is 47.7 Å². The lowest BCUT2D eigenvalue weighted by Gasteiger charge is -2.27. The number of ether oxygens (including phenoxy) is 1. The summed E-state index contributed by atoms with van der Waals surface area (Å²) >= 11 is 0. The molecular weight excluding hydrogens is 450 g/mol. The molecule has 0 radical (unpaired) electrons. The van der Waals surface area contributed by atoms with Crippen LogP contribution in [0.5, 0.6) is 0 Å². The number of aromatic nitrogens is 2. The number of alkyl carbamates (subject to hydrolysis) is 1. The predicted molar refractivity (Wildman–Crippen MR) is 125 cm³/mol. The third-order valence-electron chi connectivity index (χ3n) is 6.78. The van der Waals surface area contributed by atoms with Gasteiger partial charge in [-0.05, 0) is 58.4 Å². The van der Waals surface area contributed by atoms with Gasteiger partial charge in [0, 0.05) is 18.5 Å². The maximum absolute atomic E-state index is 13.1. The van der Waals surface area contributed by atoms with E-state index in [0.29, 0.717) is 24.9 Å². The zero-order valence-corrected chi connectivity index (χ0v) is 20.5. The van der Waals surface area contributed by atoms with E-state index < -0.39 is 11.7 Å². The zero-order chi connectivity index (χ0) is 24.6. The van der Waals surface area contributed by atoms with Crippen LogP contribution in [0.25, 0.3) is 0 Å². The number of hydroxylamine groups is 2. The van der Waals surface area contributed by atoms with E-state index in [0.717, 1.165) is 37.7 Å². The molecule has 2 aliphatic heterocycles. The van der Waals surface area contributed by atoms with E-state index in [-0.39, 0.29) is 30.1 Å². The van der Waals surface area contributed by atoms with Gasteiger partial charge in [0.05, 0.1) is 6.04 Å². The van der Waals surface area contributed by atoms with Gasteiger partial charge in [0.25, 0.3) is 0 Å². The van der Waals surface area contributed by atoms with Crippen molar-refractivity contribution < 1.29 is 23.6 Å². The average Bonchev–Trinajstić information content (AvgIpc) is 3.52. The summed E-state index contributed by atoms with van der Waals surface area (Å²) in [5, 5.41) is 13.1. The lowest BCUT2D eigenvalue weighted by molar-refractivity contribution is -0.140. The Morgan fingerprint density at radius 2 is 1.89 bits per heavy atom. The highest BCUT2D eigenvalue weighted by Gasteiger charge is 2.48. The molecule has 2 bridgehead atoms. The van der Waals surface area contributed by atoms with Gasteiger partial charge in [-0.15, -0.1) is 10.2 Å². The standard InChI is InChI=1S/C25H33N5O5/c1-25(2,3)35-23(31)26-18-10-9-17(13-18)21-27-28-22(34-21)20-12-11-19-14-29(20)24(32)30(19)33-15-16-7-5-4-6-8-16/h4-8,17-20H,9-15H2,1-3H3,(H,26,31)/t17-,18+,19-,20+/m1/s1. The second-order valence-electron chi connectivity index (χ2n) is 10.6. The molecule has 3 aliphatic rings. The van der Waals surface area contributed by atoms with E-state index in [9.17, 15) is 9.59 Å². The minimum Gasteiger partial charge on any atom is -0.444 e. The van der Waals surface area contributed by atoms with Crippen LogP contribution in [0.1, 0.15) is 82.2 Å². The Hall–Kier alpha value is -3.14. The molecule has 1 aliphatic carbocycles.